The Balaban J connectivity index is 1.36. The molecule has 1 aromatic carbocycles. The summed E-state index contributed by atoms with van der Waals surface area (Å²) in [5.74, 6) is -0.189. The second-order valence-corrected chi connectivity index (χ2v) is 9.07. The molecule has 29 heavy (non-hydrogen) atoms. The molecule has 0 radical (unpaired) electrons. The molecule has 2 fully saturated rings. The third-order valence-electron chi connectivity index (χ3n) is 5.46. The molecular weight excluding hydrogens is 410 g/mol. The van der Waals surface area contributed by atoms with E-state index >= 15 is 0 Å². The summed E-state index contributed by atoms with van der Waals surface area (Å²) in [6.07, 6.45) is 6.40. The number of anilines is 1. The van der Waals surface area contributed by atoms with Gasteiger partial charge in [0.2, 0.25) is 5.01 Å². The fourth-order valence-electron chi connectivity index (χ4n) is 3.94. The van der Waals surface area contributed by atoms with Crippen molar-refractivity contribution in [2.24, 2.45) is 0 Å². The van der Waals surface area contributed by atoms with Crippen molar-refractivity contribution in [2.45, 2.75) is 50.5 Å². The van der Waals surface area contributed by atoms with Gasteiger partial charge in [-0.25, -0.2) is 4.79 Å². The van der Waals surface area contributed by atoms with Gasteiger partial charge in [0.15, 0.2) is 0 Å². The van der Waals surface area contributed by atoms with Crippen LogP contribution >= 0.6 is 22.9 Å². The molecule has 7 nitrogen and oxygen atoms in total. The molecule has 1 aromatic heterocycles. The highest BCUT2D eigenvalue weighted by Gasteiger charge is 2.29. The van der Waals surface area contributed by atoms with Crippen molar-refractivity contribution in [2.75, 3.05) is 18.4 Å². The van der Waals surface area contributed by atoms with E-state index in [2.05, 4.69) is 20.8 Å². The first-order valence-corrected chi connectivity index (χ1v) is 11.2. The fraction of sp³-hybridized carbons (Fsp3) is 0.500. The first kappa shape index (κ1) is 20.1. The standard InChI is InChI=1S/C20H24ClN5O2S/c21-14-6-3-9-16(11-14)22-17(27)19-25-24-18(29-19)13-5-4-10-26(12-13)20(28)23-15-7-1-2-8-15/h3,6,9,11,13,15H,1-2,4-5,7-8,10,12H2,(H,22,27)(H,23,28). The highest BCUT2D eigenvalue weighted by Crippen LogP contribution is 2.30. The first-order valence-electron chi connectivity index (χ1n) is 10.0. The van der Waals surface area contributed by atoms with E-state index in [0.717, 1.165) is 37.2 Å². The lowest BCUT2D eigenvalue weighted by molar-refractivity contribution is 0.102. The Hall–Kier alpha value is -2.19. The quantitative estimate of drug-likeness (QED) is 0.753. The topological polar surface area (TPSA) is 87.2 Å². The van der Waals surface area contributed by atoms with Crippen molar-refractivity contribution in [1.82, 2.24) is 20.4 Å². The highest BCUT2D eigenvalue weighted by molar-refractivity contribution is 7.13. The summed E-state index contributed by atoms with van der Waals surface area (Å²) >= 11 is 7.25. The Bertz CT molecular complexity index is 883. The van der Waals surface area contributed by atoms with Gasteiger partial charge >= 0.3 is 6.03 Å². The van der Waals surface area contributed by atoms with Crippen LogP contribution in [0.15, 0.2) is 24.3 Å². The molecule has 3 amide bonds. The highest BCUT2D eigenvalue weighted by atomic mass is 35.5. The van der Waals surface area contributed by atoms with Gasteiger partial charge in [-0.15, -0.1) is 10.2 Å². The summed E-state index contributed by atoms with van der Waals surface area (Å²) < 4.78 is 0. The SMILES string of the molecule is O=C(Nc1cccc(Cl)c1)c1nnc(C2CCCN(C(=O)NC3CCCC3)C2)s1. The van der Waals surface area contributed by atoms with Crippen LogP contribution in [0.1, 0.15) is 59.3 Å². The number of nitrogens with one attached hydrogen (secondary N) is 2. The van der Waals surface area contributed by atoms with Crippen molar-refractivity contribution in [3.63, 3.8) is 0 Å². The van der Waals surface area contributed by atoms with E-state index in [1.807, 2.05) is 4.90 Å². The Morgan fingerprint density at radius 3 is 2.76 bits per heavy atom. The van der Waals surface area contributed by atoms with Crippen LogP contribution < -0.4 is 10.6 Å². The Labute approximate surface area is 178 Å². The molecule has 2 aromatic rings. The van der Waals surface area contributed by atoms with Gasteiger partial charge in [0.25, 0.3) is 5.91 Å². The van der Waals surface area contributed by atoms with Gasteiger partial charge in [-0.2, -0.15) is 0 Å². The number of benzene rings is 1. The minimum atomic E-state index is -0.303. The molecule has 2 aliphatic rings. The summed E-state index contributed by atoms with van der Waals surface area (Å²) in [5.41, 5.74) is 0.617. The van der Waals surface area contributed by atoms with Crippen LogP contribution in [-0.2, 0) is 0 Å². The van der Waals surface area contributed by atoms with Gasteiger partial charge < -0.3 is 15.5 Å². The predicted molar refractivity (Wildman–Crippen MR) is 114 cm³/mol. The number of hydrogen-bond donors (Lipinski definition) is 2. The third kappa shape index (κ3) is 5.05. The second-order valence-electron chi connectivity index (χ2n) is 7.63. The minimum Gasteiger partial charge on any atom is -0.335 e. The van der Waals surface area contributed by atoms with E-state index in [-0.39, 0.29) is 17.9 Å². The van der Waals surface area contributed by atoms with Crippen molar-refractivity contribution >= 4 is 40.6 Å². The number of amides is 3. The average molecular weight is 434 g/mol. The zero-order chi connectivity index (χ0) is 20.2. The number of nitrogens with zero attached hydrogens (tertiary/aromatic N) is 3. The summed E-state index contributed by atoms with van der Waals surface area (Å²) in [4.78, 5) is 26.9. The number of carbonyl (C=O) groups is 2. The van der Waals surface area contributed by atoms with Crippen LogP contribution in [0.4, 0.5) is 10.5 Å². The van der Waals surface area contributed by atoms with E-state index in [1.54, 1.807) is 24.3 Å². The molecule has 9 heteroatoms. The van der Waals surface area contributed by atoms with Gasteiger partial charge in [0.05, 0.1) is 0 Å². The van der Waals surface area contributed by atoms with E-state index in [1.165, 1.54) is 24.2 Å². The van der Waals surface area contributed by atoms with E-state index < -0.39 is 0 Å². The van der Waals surface area contributed by atoms with Crippen LogP contribution in [0.2, 0.25) is 5.02 Å². The average Bonchev–Trinajstić information content (AvgIpc) is 3.40. The number of piperidine rings is 1. The molecule has 1 saturated heterocycles. The maximum Gasteiger partial charge on any atom is 0.317 e. The minimum absolute atomic E-state index is 0.0186. The van der Waals surface area contributed by atoms with Gasteiger partial charge in [-0.05, 0) is 43.9 Å². The number of halogens is 1. The molecule has 0 bridgehead atoms. The van der Waals surface area contributed by atoms with Crippen LogP contribution in [0.5, 0.6) is 0 Å². The lowest BCUT2D eigenvalue weighted by Crippen LogP contribution is -2.47. The maximum atomic E-state index is 12.6. The lowest BCUT2D eigenvalue weighted by atomic mass is 9.99. The first-order chi connectivity index (χ1) is 14.1. The van der Waals surface area contributed by atoms with Crippen molar-refractivity contribution < 1.29 is 9.59 Å². The number of hydrogen-bond acceptors (Lipinski definition) is 5. The van der Waals surface area contributed by atoms with E-state index in [9.17, 15) is 9.59 Å². The molecule has 1 aliphatic carbocycles. The molecule has 0 spiro atoms. The Morgan fingerprint density at radius 2 is 1.97 bits per heavy atom. The van der Waals surface area contributed by atoms with Gasteiger partial charge in [-0.1, -0.05) is 41.8 Å². The number of likely N-dealkylation sites (tertiary alicyclic amines) is 1. The zero-order valence-corrected chi connectivity index (χ0v) is 17.6. The van der Waals surface area contributed by atoms with Gasteiger partial charge in [0, 0.05) is 35.8 Å². The number of rotatable bonds is 4. The van der Waals surface area contributed by atoms with E-state index in [0.29, 0.717) is 28.3 Å². The molecule has 4 rings (SSSR count). The normalized spacial score (nSPS) is 19.9. The predicted octanol–water partition coefficient (Wildman–Crippen LogP) is 4.28. The number of urea groups is 1. The summed E-state index contributed by atoms with van der Waals surface area (Å²) in [6.45, 7) is 1.37. The van der Waals surface area contributed by atoms with Crippen LogP contribution in [0.3, 0.4) is 0 Å². The lowest BCUT2D eigenvalue weighted by Gasteiger charge is -2.32. The fourth-order valence-corrected chi connectivity index (χ4v) is 5.00. The van der Waals surface area contributed by atoms with Crippen molar-refractivity contribution in [3.8, 4) is 0 Å². The monoisotopic (exact) mass is 433 g/mol. The molecule has 2 N–H and O–H groups in total. The van der Waals surface area contributed by atoms with Crippen molar-refractivity contribution in [1.29, 1.82) is 0 Å². The summed E-state index contributed by atoms with van der Waals surface area (Å²) in [7, 11) is 0. The summed E-state index contributed by atoms with van der Waals surface area (Å²) in [6, 6.07) is 7.31. The summed E-state index contributed by atoms with van der Waals surface area (Å²) in [5, 5.41) is 15.9. The smallest absolute Gasteiger partial charge is 0.317 e. The van der Waals surface area contributed by atoms with Crippen LogP contribution in [-0.4, -0.2) is 46.2 Å². The molecule has 154 valence electrons. The van der Waals surface area contributed by atoms with Crippen LogP contribution in [0.25, 0.3) is 0 Å². The Kier molecular flexibility index (Phi) is 6.30. The molecular formula is C20H24ClN5O2S. The Morgan fingerprint density at radius 1 is 1.14 bits per heavy atom. The molecule has 2 heterocycles. The molecule has 1 unspecified atom stereocenters. The maximum absolute atomic E-state index is 12.6. The van der Waals surface area contributed by atoms with Gasteiger partial charge in [-0.3, -0.25) is 4.79 Å². The second kappa shape index (κ2) is 9.09. The number of carbonyl (C=O) groups excluding carboxylic acids is 2. The largest absolute Gasteiger partial charge is 0.335 e. The third-order valence-corrected chi connectivity index (χ3v) is 6.78. The van der Waals surface area contributed by atoms with Crippen molar-refractivity contribution in [3.05, 3.63) is 39.3 Å². The van der Waals surface area contributed by atoms with E-state index in [4.69, 9.17) is 11.6 Å². The van der Waals surface area contributed by atoms with Crippen LogP contribution in [0, 0.1) is 0 Å². The number of aromatic nitrogens is 2. The zero-order valence-electron chi connectivity index (χ0n) is 16.1. The molecule has 1 atom stereocenters. The molecule has 1 saturated carbocycles. The molecule has 1 aliphatic heterocycles. The van der Waals surface area contributed by atoms with Gasteiger partial charge in [0.1, 0.15) is 5.01 Å².